The number of benzene rings is 1. The summed E-state index contributed by atoms with van der Waals surface area (Å²) in [5.41, 5.74) is 2.20. The topological polar surface area (TPSA) is 32.7 Å². The van der Waals surface area contributed by atoms with E-state index in [-0.39, 0.29) is 17.7 Å². The molecule has 1 aromatic rings. The van der Waals surface area contributed by atoms with Gasteiger partial charge < -0.3 is 0 Å². The van der Waals surface area contributed by atoms with Gasteiger partial charge in [-0.3, -0.25) is 4.79 Å². The molecule has 98 valence electrons. The van der Waals surface area contributed by atoms with E-state index >= 15 is 0 Å². The maximum Gasteiger partial charge on any atom is 0.246 e. The van der Waals surface area contributed by atoms with Crippen LogP contribution in [0.5, 0.6) is 0 Å². The summed E-state index contributed by atoms with van der Waals surface area (Å²) in [6.45, 7) is 2.62. The van der Waals surface area contributed by atoms with Gasteiger partial charge >= 0.3 is 0 Å². The molecule has 0 aromatic heterocycles. The number of allylic oxidation sites excluding steroid dienone is 2. The van der Waals surface area contributed by atoms with Gasteiger partial charge in [0.1, 0.15) is 0 Å². The third kappa shape index (κ3) is 2.09. The molecule has 1 amide bonds. The van der Waals surface area contributed by atoms with E-state index in [9.17, 15) is 4.79 Å². The minimum absolute atomic E-state index is 0.0673. The molecule has 1 heterocycles. The van der Waals surface area contributed by atoms with Gasteiger partial charge in [0.25, 0.3) is 0 Å². The Morgan fingerprint density at radius 3 is 2.53 bits per heavy atom. The second-order valence-corrected chi connectivity index (χ2v) is 5.06. The first-order valence-electron chi connectivity index (χ1n) is 6.91. The number of hydrogen-bond acceptors (Lipinski definition) is 2. The molecule has 0 bridgehead atoms. The van der Waals surface area contributed by atoms with Gasteiger partial charge in [-0.05, 0) is 25.3 Å². The Morgan fingerprint density at radius 2 is 1.84 bits per heavy atom. The van der Waals surface area contributed by atoms with Crippen LogP contribution in [0.25, 0.3) is 0 Å². The lowest BCUT2D eigenvalue weighted by Crippen LogP contribution is -2.45. The van der Waals surface area contributed by atoms with E-state index in [1.54, 1.807) is 5.01 Å². The van der Waals surface area contributed by atoms with E-state index in [0.717, 1.165) is 24.1 Å². The first-order chi connectivity index (χ1) is 9.31. The van der Waals surface area contributed by atoms with Crippen molar-refractivity contribution in [3.05, 3.63) is 48.0 Å². The number of fused-ring (bicyclic) bond motifs is 1. The van der Waals surface area contributed by atoms with Crippen molar-refractivity contribution in [3.8, 4) is 0 Å². The van der Waals surface area contributed by atoms with Crippen LogP contribution in [0.4, 0.5) is 0 Å². The molecule has 3 heteroatoms. The molecular weight excluding hydrogens is 236 g/mol. The minimum Gasteiger partial charge on any atom is -0.273 e. The molecule has 19 heavy (non-hydrogen) atoms. The summed E-state index contributed by atoms with van der Waals surface area (Å²) in [6.07, 6.45) is 6.06. The first kappa shape index (κ1) is 12.2. The summed E-state index contributed by atoms with van der Waals surface area (Å²) in [4.78, 5) is 12.4. The predicted octanol–water partition coefficient (Wildman–Crippen LogP) is 2.84. The largest absolute Gasteiger partial charge is 0.273 e. The highest BCUT2D eigenvalue weighted by Crippen LogP contribution is 2.34. The molecule has 0 fully saturated rings. The van der Waals surface area contributed by atoms with E-state index in [1.807, 2.05) is 25.1 Å². The number of carbonyl (C=O) groups excluding carboxylic acids is 1. The molecule has 0 unspecified atom stereocenters. The molecule has 1 aliphatic heterocycles. The highest BCUT2D eigenvalue weighted by molar-refractivity contribution is 6.06. The molecule has 3 rings (SSSR count). The summed E-state index contributed by atoms with van der Waals surface area (Å²) in [5, 5.41) is 6.23. The van der Waals surface area contributed by atoms with Gasteiger partial charge in [0, 0.05) is 12.5 Å². The summed E-state index contributed by atoms with van der Waals surface area (Å²) in [5.74, 6) is 0.483. The van der Waals surface area contributed by atoms with Crippen LogP contribution in [0.15, 0.2) is 47.6 Å². The lowest BCUT2D eigenvalue weighted by Gasteiger charge is -2.36. The van der Waals surface area contributed by atoms with Gasteiger partial charge in [0.15, 0.2) is 0 Å². The fraction of sp³-hybridized carbons (Fsp3) is 0.375. The Morgan fingerprint density at radius 1 is 1.16 bits per heavy atom. The highest BCUT2D eigenvalue weighted by atomic mass is 16.2. The van der Waals surface area contributed by atoms with E-state index in [1.165, 1.54) is 0 Å². The molecule has 0 saturated carbocycles. The van der Waals surface area contributed by atoms with Crippen molar-refractivity contribution in [1.29, 1.82) is 0 Å². The van der Waals surface area contributed by atoms with Gasteiger partial charge in [-0.2, -0.15) is 5.10 Å². The quantitative estimate of drug-likeness (QED) is 0.747. The fourth-order valence-electron chi connectivity index (χ4n) is 2.94. The summed E-state index contributed by atoms with van der Waals surface area (Å²) >= 11 is 0. The highest BCUT2D eigenvalue weighted by Gasteiger charge is 2.39. The fourth-order valence-corrected chi connectivity index (χ4v) is 2.94. The number of amides is 1. The molecular formula is C16H18N2O. The Kier molecular flexibility index (Phi) is 3.20. The van der Waals surface area contributed by atoms with Crippen molar-refractivity contribution in [2.75, 3.05) is 6.54 Å². The predicted molar refractivity (Wildman–Crippen MR) is 75.7 cm³/mol. The molecule has 0 radical (unpaired) electrons. The second kappa shape index (κ2) is 5.00. The molecule has 3 nitrogen and oxygen atoms in total. The number of nitrogens with zero attached hydrogens (tertiary/aromatic N) is 2. The Bertz CT molecular complexity index is 533. The average molecular weight is 254 g/mol. The van der Waals surface area contributed by atoms with Crippen molar-refractivity contribution in [3.63, 3.8) is 0 Å². The lowest BCUT2D eigenvalue weighted by atomic mass is 9.76. The molecule has 0 N–H and O–H groups in total. The van der Waals surface area contributed by atoms with Crippen LogP contribution in [0.3, 0.4) is 0 Å². The summed E-state index contributed by atoms with van der Waals surface area (Å²) < 4.78 is 0. The van der Waals surface area contributed by atoms with Crippen LogP contribution >= 0.6 is 0 Å². The monoisotopic (exact) mass is 254 g/mol. The van der Waals surface area contributed by atoms with Crippen molar-refractivity contribution < 1.29 is 4.79 Å². The molecule has 1 aliphatic carbocycles. The number of carbonyl (C=O) groups is 1. The number of hydrogen-bond donors (Lipinski definition) is 0. The van der Waals surface area contributed by atoms with Crippen molar-refractivity contribution in [1.82, 2.24) is 5.01 Å². The maximum atomic E-state index is 12.4. The lowest BCUT2D eigenvalue weighted by molar-refractivity contribution is -0.137. The molecule has 1 aromatic carbocycles. The van der Waals surface area contributed by atoms with E-state index < -0.39 is 0 Å². The van der Waals surface area contributed by atoms with E-state index in [4.69, 9.17) is 0 Å². The average Bonchev–Trinajstić information content (AvgIpc) is 2.49. The van der Waals surface area contributed by atoms with Gasteiger partial charge in [-0.1, -0.05) is 42.5 Å². The Hall–Kier alpha value is -1.90. The van der Waals surface area contributed by atoms with Crippen molar-refractivity contribution in [2.24, 2.45) is 16.9 Å². The third-order valence-electron chi connectivity index (χ3n) is 3.95. The van der Waals surface area contributed by atoms with Crippen LogP contribution in [-0.2, 0) is 4.79 Å². The molecule has 2 aliphatic rings. The Balaban J connectivity index is 2.05. The van der Waals surface area contributed by atoms with Crippen molar-refractivity contribution >= 4 is 11.6 Å². The van der Waals surface area contributed by atoms with E-state index in [0.29, 0.717) is 6.54 Å². The molecule has 0 saturated heterocycles. The smallest absolute Gasteiger partial charge is 0.246 e. The van der Waals surface area contributed by atoms with Gasteiger partial charge in [0.2, 0.25) is 5.91 Å². The zero-order valence-electron chi connectivity index (χ0n) is 11.1. The normalized spacial score (nSPS) is 26.1. The summed E-state index contributed by atoms with van der Waals surface area (Å²) in [7, 11) is 0. The second-order valence-electron chi connectivity index (χ2n) is 5.06. The zero-order valence-corrected chi connectivity index (χ0v) is 11.1. The van der Waals surface area contributed by atoms with Crippen LogP contribution < -0.4 is 0 Å². The van der Waals surface area contributed by atoms with Gasteiger partial charge in [-0.15, -0.1) is 0 Å². The maximum absolute atomic E-state index is 12.4. The first-order valence-corrected chi connectivity index (χ1v) is 6.91. The summed E-state index contributed by atoms with van der Waals surface area (Å²) in [6, 6.07) is 10.2. The van der Waals surface area contributed by atoms with Crippen LogP contribution in [-0.4, -0.2) is 23.2 Å². The zero-order chi connectivity index (χ0) is 13.2. The van der Waals surface area contributed by atoms with Crippen LogP contribution in [0.1, 0.15) is 25.3 Å². The van der Waals surface area contributed by atoms with Gasteiger partial charge in [0.05, 0.1) is 11.6 Å². The van der Waals surface area contributed by atoms with Crippen LogP contribution in [0.2, 0.25) is 0 Å². The molecule has 0 spiro atoms. The minimum atomic E-state index is 0.0673. The van der Waals surface area contributed by atoms with E-state index in [2.05, 4.69) is 29.4 Å². The SMILES string of the molecule is CCN1N=C(c2ccccc2)[C@@H]2CC=CC[C@@H]2C1=O. The Labute approximate surface area is 113 Å². The van der Waals surface area contributed by atoms with Gasteiger partial charge in [-0.25, -0.2) is 5.01 Å². The third-order valence-corrected chi connectivity index (χ3v) is 3.95. The van der Waals surface area contributed by atoms with Crippen LogP contribution in [0, 0.1) is 11.8 Å². The standard InChI is InChI=1S/C16H18N2O/c1-2-18-16(19)14-11-7-6-10-13(14)15(17-18)12-8-4-3-5-9-12/h3-9,13-14H,2,10-11H2,1H3/t13-,14+/m1/s1. The number of rotatable bonds is 2. The number of hydrazone groups is 1. The molecule has 2 atom stereocenters. The van der Waals surface area contributed by atoms with Crippen molar-refractivity contribution in [2.45, 2.75) is 19.8 Å².